The normalized spacial score (nSPS) is 11.4. The number of para-hydroxylation sites is 2. The number of rotatable bonds is 9. The first-order valence-corrected chi connectivity index (χ1v) is 7.06. The topological polar surface area (TPSA) is 96.9 Å². The molecule has 7 nitrogen and oxygen atoms in total. The van der Waals surface area contributed by atoms with E-state index in [-0.39, 0.29) is 18.6 Å². The van der Waals surface area contributed by atoms with E-state index in [1.54, 1.807) is 19.2 Å². The second kappa shape index (κ2) is 9.49. The van der Waals surface area contributed by atoms with E-state index in [4.69, 9.17) is 14.6 Å². The molecule has 3 N–H and O–H groups in total. The molecule has 7 heteroatoms. The number of ether oxygens (including phenoxy) is 2. The lowest BCUT2D eigenvalue weighted by atomic mass is 10.3. The van der Waals surface area contributed by atoms with Gasteiger partial charge in [0.25, 0.3) is 0 Å². The Bertz CT molecular complexity index is 493. The first-order chi connectivity index (χ1) is 10.5. The van der Waals surface area contributed by atoms with E-state index in [0.717, 1.165) is 0 Å². The first-order valence-electron chi connectivity index (χ1n) is 7.06. The molecule has 1 atom stereocenters. The summed E-state index contributed by atoms with van der Waals surface area (Å²) in [7, 11) is 1.57. The zero-order valence-corrected chi connectivity index (χ0v) is 12.8. The molecule has 0 heterocycles. The molecule has 1 rings (SSSR count). The average Bonchev–Trinajstić information content (AvgIpc) is 2.50. The molecule has 0 radical (unpaired) electrons. The monoisotopic (exact) mass is 310 g/mol. The third-order valence-electron chi connectivity index (χ3n) is 2.80. The van der Waals surface area contributed by atoms with Crippen LogP contribution in [0, 0.1) is 0 Å². The largest absolute Gasteiger partial charge is 0.493 e. The Morgan fingerprint density at radius 3 is 2.55 bits per heavy atom. The number of carbonyl (C=O) groups excluding carboxylic acids is 1. The molecule has 0 saturated carbocycles. The van der Waals surface area contributed by atoms with Crippen LogP contribution in [0.1, 0.15) is 19.8 Å². The maximum atomic E-state index is 11.5. The van der Waals surface area contributed by atoms with Crippen molar-refractivity contribution >= 4 is 12.0 Å². The number of carbonyl (C=O) groups is 2. The fourth-order valence-electron chi connectivity index (χ4n) is 1.72. The second-order valence-corrected chi connectivity index (χ2v) is 4.71. The lowest BCUT2D eigenvalue weighted by molar-refractivity contribution is -0.137. The summed E-state index contributed by atoms with van der Waals surface area (Å²) in [5.41, 5.74) is 0. The lowest BCUT2D eigenvalue weighted by Gasteiger charge is -2.17. The molecule has 0 fully saturated rings. The van der Waals surface area contributed by atoms with Crippen molar-refractivity contribution < 1.29 is 24.2 Å². The Kier molecular flexibility index (Phi) is 7.60. The van der Waals surface area contributed by atoms with Gasteiger partial charge in [0.05, 0.1) is 13.7 Å². The molecule has 0 saturated heterocycles. The Labute approximate surface area is 129 Å². The van der Waals surface area contributed by atoms with Gasteiger partial charge in [0.2, 0.25) is 0 Å². The van der Waals surface area contributed by atoms with Crippen LogP contribution in [-0.2, 0) is 4.79 Å². The number of urea groups is 1. The zero-order valence-electron chi connectivity index (χ0n) is 12.8. The first kappa shape index (κ1) is 17.6. The quantitative estimate of drug-likeness (QED) is 0.602. The molecule has 1 aromatic rings. The molecule has 0 spiro atoms. The van der Waals surface area contributed by atoms with Gasteiger partial charge in [0.15, 0.2) is 11.5 Å². The smallest absolute Gasteiger partial charge is 0.314 e. The van der Waals surface area contributed by atoms with Crippen molar-refractivity contribution in [3.05, 3.63) is 24.3 Å². The molecule has 0 aliphatic carbocycles. The molecule has 0 aliphatic heterocycles. The minimum absolute atomic E-state index is 0.0353. The molecule has 1 unspecified atom stereocenters. The SMILES string of the molecule is COc1ccccc1OC(C)CNC(=O)NCCCC(=O)O. The highest BCUT2D eigenvalue weighted by molar-refractivity contribution is 5.73. The molecule has 0 bridgehead atoms. The number of amides is 2. The van der Waals surface area contributed by atoms with Crippen LogP contribution >= 0.6 is 0 Å². The fourth-order valence-corrected chi connectivity index (χ4v) is 1.72. The van der Waals surface area contributed by atoms with Crippen molar-refractivity contribution in [1.82, 2.24) is 10.6 Å². The van der Waals surface area contributed by atoms with Gasteiger partial charge in [-0.2, -0.15) is 0 Å². The second-order valence-electron chi connectivity index (χ2n) is 4.71. The Hall–Kier alpha value is -2.44. The highest BCUT2D eigenvalue weighted by Gasteiger charge is 2.09. The van der Waals surface area contributed by atoms with Crippen LogP contribution in [-0.4, -0.2) is 43.4 Å². The predicted octanol–water partition coefficient (Wildman–Crippen LogP) is 1.63. The highest BCUT2D eigenvalue weighted by atomic mass is 16.5. The third kappa shape index (κ3) is 6.83. The van der Waals surface area contributed by atoms with Crippen molar-refractivity contribution in [2.24, 2.45) is 0 Å². The molecular formula is C15H22N2O5. The van der Waals surface area contributed by atoms with E-state index in [0.29, 0.717) is 31.0 Å². The number of carboxylic acids is 1. The van der Waals surface area contributed by atoms with E-state index < -0.39 is 5.97 Å². The van der Waals surface area contributed by atoms with Gasteiger partial charge in [-0.1, -0.05) is 12.1 Å². The Morgan fingerprint density at radius 1 is 1.23 bits per heavy atom. The van der Waals surface area contributed by atoms with Gasteiger partial charge >= 0.3 is 12.0 Å². The van der Waals surface area contributed by atoms with E-state index in [1.807, 2.05) is 19.1 Å². The standard InChI is InChI=1S/C15H22N2O5/c1-11(22-13-7-4-3-6-12(13)21-2)10-17-15(20)16-9-5-8-14(18)19/h3-4,6-7,11H,5,8-10H2,1-2H3,(H,18,19)(H2,16,17,20). The minimum atomic E-state index is -0.874. The zero-order chi connectivity index (χ0) is 16.4. The molecule has 122 valence electrons. The van der Waals surface area contributed by atoms with Crippen molar-refractivity contribution in [3.8, 4) is 11.5 Å². The van der Waals surface area contributed by atoms with Crippen LogP contribution in [0.25, 0.3) is 0 Å². The molecule has 0 aromatic heterocycles. The van der Waals surface area contributed by atoms with E-state index in [1.165, 1.54) is 0 Å². The summed E-state index contributed by atoms with van der Waals surface area (Å²) in [6.45, 7) is 2.47. The summed E-state index contributed by atoms with van der Waals surface area (Å²) in [6, 6.07) is 6.93. The maximum Gasteiger partial charge on any atom is 0.314 e. The van der Waals surface area contributed by atoms with Gasteiger partial charge < -0.3 is 25.2 Å². The Balaban J connectivity index is 2.26. The molecule has 1 aromatic carbocycles. The summed E-state index contributed by atoms with van der Waals surface area (Å²) in [4.78, 5) is 21.8. The van der Waals surface area contributed by atoms with E-state index in [9.17, 15) is 9.59 Å². The van der Waals surface area contributed by atoms with E-state index in [2.05, 4.69) is 10.6 Å². The van der Waals surface area contributed by atoms with Crippen molar-refractivity contribution in [1.29, 1.82) is 0 Å². The lowest BCUT2D eigenvalue weighted by Crippen LogP contribution is -2.40. The number of benzene rings is 1. The van der Waals surface area contributed by atoms with Gasteiger partial charge in [0.1, 0.15) is 6.10 Å². The number of aliphatic carboxylic acids is 1. The fraction of sp³-hybridized carbons (Fsp3) is 0.467. The summed E-state index contributed by atoms with van der Waals surface area (Å²) in [6.07, 6.45) is 0.199. The summed E-state index contributed by atoms with van der Waals surface area (Å²) >= 11 is 0. The van der Waals surface area contributed by atoms with Crippen LogP contribution in [0.2, 0.25) is 0 Å². The van der Waals surface area contributed by atoms with Crippen LogP contribution in [0.5, 0.6) is 11.5 Å². The summed E-state index contributed by atoms with van der Waals surface area (Å²) in [5.74, 6) is 0.370. The average molecular weight is 310 g/mol. The van der Waals surface area contributed by atoms with Crippen molar-refractivity contribution in [2.75, 3.05) is 20.2 Å². The van der Waals surface area contributed by atoms with Gasteiger partial charge in [-0.25, -0.2) is 4.79 Å². The minimum Gasteiger partial charge on any atom is -0.493 e. The van der Waals surface area contributed by atoms with Gasteiger partial charge in [-0.15, -0.1) is 0 Å². The van der Waals surface area contributed by atoms with E-state index >= 15 is 0 Å². The Morgan fingerprint density at radius 2 is 1.91 bits per heavy atom. The number of hydrogen-bond acceptors (Lipinski definition) is 4. The number of hydrogen-bond donors (Lipinski definition) is 3. The van der Waals surface area contributed by atoms with Crippen LogP contribution in [0.3, 0.4) is 0 Å². The molecule has 0 aliphatic rings. The van der Waals surface area contributed by atoms with Crippen molar-refractivity contribution in [3.63, 3.8) is 0 Å². The van der Waals surface area contributed by atoms with Crippen LogP contribution < -0.4 is 20.1 Å². The summed E-state index contributed by atoms with van der Waals surface area (Å²) < 4.78 is 10.9. The molecule has 22 heavy (non-hydrogen) atoms. The molecular weight excluding hydrogens is 288 g/mol. The predicted molar refractivity (Wildman–Crippen MR) is 81.4 cm³/mol. The highest BCUT2D eigenvalue weighted by Crippen LogP contribution is 2.26. The van der Waals surface area contributed by atoms with Crippen LogP contribution in [0.15, 0.2) is 24.3 Å². The van der Waals surface area contributed by atoms with Crippen molar-refractivity contribution in [2.45, 2.75) is 25.9 Å². The number of carboxylic acid groups (broad SMARTS) is 1. The molecule has 2 amide bonds. The number of methoxy groups -OCH3 is 1. The maximum absolute atomic E-state index is 11.5. The summed E-state index contributed by atoms with van der Waals surface area (Å²) in [5, 5.41) is 13.7. The van der Waals surface area contributed by atoms with Gasteiger partial charge in [-0.05, 0) is 25.5 Å². The van der Waals surface area contributed by atoms with Gasteiger partial charge in [-0.3, -0.25) is 4.79 Å². The van der Waals surface area contributed by atoms with Gasteiger partial charge in [0, 0.05) is 13.0 Å². The third-order valence-corrected chi connectivity index (χ3v) is 2.80. The number of nitrogens with one attached hydrogen (secondary N) is 2. The van der Waals surface area contributed by atoms with Crippen LogP contribution in [0.4, 0.5) is 4.79 Å².